The van der Waals surface area contributed by atoms with Crippen molar-refractivity contribution >= 4 is 17.5 Å². The summed E-state index contributed by atoms with van der Waals surface area (Å²) in [4.78, 5) is 14.3. The first-order valence-corrected chi connectivity index (χ1v) is 6.73. The Balaban J connectivity index is 1.83. The zero-order valence-electron chi connectivity index (χ0n) is 10.5. The Bertz CT molecular complexity index is 624. The minimum atomic E-state index is 0.113. The number of nitrogens with zero attached hydrogens (tertiary/aromatic N) is 1. The van der Waals surface area contributed by atoms with Crippen LogP contribution in [0.25, 0.3) is 0 Å². The highest BCUT2D eigenvalue weighted by atomic mass is 35.5. The molecule has 0 unspecified atom stereocenters. The largest absolute Gasteiger partial charge is 0.334 e. The molecule has 0 aliphatic carbocycles. The third-order valence-corrected chi connectivity index (χ3v) is 3.68. The lowest BCUT2D eigenvalue weighted by Crippen LogP contribution is -2.36. The van der Waals surface area contributed by atoms with Crippen molar-refractivity contribution < 1.29 is 4.79 Å². The predicted octanol–water partition coefficient (Wildman–Crippen LogP) is 3.54. The van der Waals surface area contributed by atoms with Crippen molar-refractivity contribution in [2.45, 2.75) is 13.0 Å². The van der Waals surface area contributed by atoms with Crippen LogP contribution in [0.3, 0.4) is 0 Å². The number of rotatable bonds is 2. The topological polar surface area (TPSA) is 20.3 Å². The molecular formula is C16H14ClNO. The van der Waals surface area contributed by atoms with Crippen molar-refractivity contribution in [2.24, 2.45) is 0 Å². The van der Waals surface area contributed by atoms with Crippen LogP contribution >= 0.6 is 11.6 Å². The molecule has 2 aromatic carbocycles. The quantitative estimate of drug-likeness (QED) is 0.818. The van der Waals surface area contributed by atoms with Crippen LogP contribution in [-0.2, 0) is 13.0 Å². The third kappa shape index (κ3) is 2.49. The van der Waals surface area contributed by atoms with Gasteiger partial charge in [-0.25, -0.2) is 0 Å². The minimum absolute atomic E-state index is 0.113. The summed E-state index contributed by atoms with van der Waals surface area (Å²) in [5.41, 5.74) is 3.05. The number of halogens is 1. The number of carbonyl (C=O) groups is 1. The SMILES string of the molecule is O=C1c2ccccc2CCN1Cc1cccc(Cl)c1. The Morgan fingerprint density at radius 2 is 1.95 bits per heavy atom. The van der Waals surface area contributed by atoms with Crippen LogP contribution < -0.4 is 0 Å². The molecule has 1 aliphatic rings. The normalized spacial score (nSPS) is 14.4. The summed E-state index contributed by atoms with van der Waals surface area (Å²) in [5, 5.41) is 0.711. The number of hydrogen-bond acceptors (Lipinski definition) is 1. The van der Waals surface area contributed by atoms with E-state index in [1.54, 1.807) is 0 Å². The summed E-state index contributed by atoms with van der Waals surface area (Å²) in [6, 6.07) is 15.5. The molecule has 0 atom stereocenters. The molecule has 0 spiro atoms. The van der Waals surface area contributed by atoms with Gasteiger partial charge in [0, 0.05) is 23.7 Å². The maximum Gasteiger partial charge on any atom is 0.254 e. The van der Waals surface area contributed by atoms with Crippen LogP contribution in [0.1, 0.15) is 21.5 Å². The summed E-state index contributed by atoms with van der Waals surface area (Å²) in [7, 11) is 0. The van der Waals surface area contributed by atoms with Gasteiger partial charge in [-0.1, -0.05) is 41.9 Å². The molecule has 3 rings (SSSR count). The van der Waals surface area contributed by atoms with E-state index in [0.29, 0.717) is 11.6 Å². The fraction of sp³-hybridized carbons (Fsp3) is 0.188. The molecule has 0 bridgehead atoms. The van der Waals surface area contributed by atoms with E-state index >= 15 is 0 Å². The average molecular weight is 272 g/mol. The van der Waals surface area contributed by atoms with Crippen LogP contribution in [-0.4, -0.2) is 17.4 Å². The fourth-order valence-electron chi connectivity index (χ4n) is 2.48. The second-order valence-corrected chi connectivity index (χ2v) is 5.20. The van der Waals surface area contributed by atoms with Crippen molar-refractivity contribution in [2.75, 3.05) is 6.54 Å². The monoisotopic (exact) mass is 271 g/mol. The summed E-state index contributed by atoms with van der Waals surface area (Å²) in [6.07, 6.45) is 0.919. The molecule has 0 fully saturated rings. The van der Waals surface area contributed by atoms with Gasteiger partial charge in [0.05, 0.1) is 0 Å². The molecule has 19 heavy (non-hydrogen) atoms. The lowest BCUT2D eigenvalue weighted by molar-refractivity contribution is 0.0727. The van der Waals surface area contributed by atoms with Gasteiger partial charge in [-0.15, -0.1) is 0 Å². The first-order valence-electron chi connectivity index (χ1n) is 6.35. The second-order valence-electron chi connectivity index (χ2n) is 4.76. The van der Waals surface area contributed by atoms with E-state index in [2.05, 4.69) is 0 Å². The molecule has 1 aliphatic heterocycles. The molecule has 96 valence electrons. The molecule has 1 amide bonds. The molecule has 1 heterocycles. The average Bonchev–Trinajstić information content (AvgIpc) is 2.42. The molecule has 0 radical (unpaired) electrons. The Morgan fingerprint density at radius 3 is 2.79 bits per heavy atom. The summed E-state index contributed by atoms with van der Waals surface area (Å²) in [5.74, 6) is 0.113. The highest BCUT2D eigenvalue weighted by molar-refractivity contribution is 6.30. The molecule has 2 aromatic rings. The maximum atomic E-state index is 12.4. The highest BCUT2D eigenvalue weighted by Crippen LogP contribution is 2.21. The van der Waals surface area contributed by atoms with E-state index in [1.807, 2.05) is 53.4 Å². The Hall–Kier alpha value is -1.80. The number of benzene rings is 2. The maximum absolute atomic E-state index is 12.4. The number of hydrogen-bond donors (Lipinski definition) is 0. The van der Waals surface area contributed by atoms with Crippen LogP contribution in [0.4, 0.5) is 0 Å². The van der Waals surface area contributed by atoms with E-state index in [9.17, 15) is 4.79 Å². The molecule has 0 aromatic heterocycles. The molecule has 0 saturated carbocycles. The Morgan fingerprint density at radius 1 is 1.11 bits per heavy atom. The van der Waals surface area contributed by atoms with Gasteiger partial charge in [0.1, 0.15) is 0 Å². The summed E-state index contributed by atoms with van der Waals surface area (Å²) < 4.78 is 0. The second kappa shape index (κ2) is 5.06. The lowest BCUT2D eigenvalue weighted by Gasteiger charge is -2.28. The van der Waals surface area contributed by atoms with Gasteiger partial charge >= 0.3 is 0 Å². The van der Waals surface area contributed by atoms with E-state index in [0.717, 1.165) is 29.7 Å². The van der Waals surface area contributed by atoms with E-state index in [1.165, 1.54) is 0 Å². The summed E-state index contributed by atoms with van der Waals surface area (Å²) in [6.45, 7) is 1.39. The van der Waals surface area contributed by atoms with Gasteiger partial charge in [0.15, 0.2) is 0 Å². The van der Waals surface area contributed by atoms with Crippen molar-refractivity contribution in [1.82, 2.24) is 4.90 Å². The highest BCUT2D eigenvalue weighted by Gasteiger charge is 2.23. The van der Waals surface area contributed by atoms with Crippen molar-refractivity contribution in [3.8, 4) is 0 Å². The van der Waals surface area contributed by atoms with E-state index in [-0.39, 0.29) is 5.91 Å². The molecule has 0 N–H and O–H groups in total. The molecule has 3 heteroatoms. The number of carbonyl (C=O) groups excluding carboxylic acids is 1. The smallest absolute Gasteiger partial charge is 0.254 e. The van der Waals surface area contributed by atoms with Gasteiger partial charge in [-0.3, -0.25) is 4.79 Å². The van der Waals surface area contributed by atoms with Gasteiger partial charge in [-0.05, 0) is 35.7 Å². The molecular weight excluding hydrogens is 258 g/mol. The van der Waals surface area contributed by atoms with Gasteiger partial charge in [0.25, 0.3) is 5.91 Å². The van der Waals surface area contributed by atoms with Crippen molar-refractivity contribution in [3.05, 3.63) is 70.2 Å². The van der Waals surface area contributed by atoms with Gasteiger partial charge < -0.3 is 4.90 Å². The summed E-state index contributed by atoms with van der Waals surface area (Å²) >= 11 is 5.98. The molecule has 2 nitrogen and oxygen atoms in total. The van der Waals surface area contributed by atoms with Crippen molar-refractivity contribution in [3.63, 3.8) is 0 Å². The lowest BCUT2D eigenvalue weighted by atomic mass is 9.99. The zero-order chi connectivity index (χ0) is 13.2. The van der Waals surface area contributed by atoms with E-state index in [4.69, 9.17) is 11.6 Å². The molecule has 0 saturated heterocycles. The first kappa shape index (κ1) is 12.2. The Labute approximate surface area is 117 Å². The third-order valence-electron chi connectivity index (χ3n) is 3.45. The minimum Gasteiger partial charge on any atom is -0.334 e. The van der Waals surface area contributed by atoms with E-state index < -0.39 is 0 Å². The first-order chi connectivity index (χ1) is 9.24. The van der Waals surface area contributed by atoms with Gasteiger partial charge in [0.2, 0.25) is 0 Å². The van der Waals surface area contributed by atoms with Crippen molar-refractivity contribution in [1.29, 1.82) is 0 Å². The number of amides is 1. The zero-order valence-corrected chi connectivity index (χ0v) is 11.2. The van der Waals surface area contributed by atoms with Crippen LogP contribution in [0.2, 0.25) is 5.02 Å². The Kier molecular flexibility index (Phi) is 3.26. The van der Waals surface area contributed by atoms with Gasteiger partial charge in [-0.2, -0.15) is 0 Å². The van der Waals surface area contributed by atoms with Crippen LogP contribution in [0.15, 0.2) is 48.5 Å². The van der Waals surface area contributed by atoms with Crippen LogP contribution in [0, 0.1) is 0 Å². The fourth-order valence-corrected chi connectivity index (χ4v) is 2.69. The van der Waals surface area contributed by atoms with Crippen LogP contribution in [0.5, 0.6) is 0 Å². The standard InChI is InChI=1S/C16H14ClNO/c17-14-6-3-4-12(10-14)11-18-9-8-13-5-1-2-7-15(13)16(18)19/h1-7,10H,8-9,11H2. The number of fused-ring (bicyclic) bond motifs is 1. The predicted molar refractivity (Wildman–Crippen MR) is 76.3 cm³/mol.